The molecule has 5 atom stereocenters. The molecule has 3 saturated carbocycles. The Balaban J connectivity index is 1.78. The lowest BCUT2D eigenvalue weighted by atomic mass is 9.59. The Hall–Kier alpha value is -0.370. The highest BCUT2D eigenvalue weighted by Gasteiger charge is 2.68. The Labute approximate surface area is 90.4 Å². The summed E-state index contributed by atoms with van der Waals surface area (Å²) < 4.78 is 6.20. The molecule has 82 valence electrons. The van der Waals surface area contributed by atoms with Gasteiger partial charge in [0.2, 0.25) is 0 Å². The Morgan fingerprint density at radius 2 is 2.33 bits per heavy atom. The molecule has 2 heteroatoms. The first-order chi connectivity index (χ1) is 7.11. The quantitative estimate of drug-likeness (QED) is 0.608. The Bertz CT molecular complexity index is 350. The number of ketones is 1. The van der Waals surface area contributed by atoms with Crippen LogP contribution < -0.4 is 0 Å². The molecule has 15 heavy (non-hydrogen) atoms. The van der Waals surface area contributed by atoms with E-state index in [0.717, 1.165) is 25.2 Å². The summed E-state index contributed by atoms with van der Waals surface area (Å²) in [6.07, 6.45) is 7.04. The van der Waals surface area contributed by atoms with Crippen LogP contribution in [0.25, 0.3) is 0 Å². The van der Waals surface area contributed by atoms with Crippen LogP contribution in [0.4, 0.5) is 0 Å². The normalized spacial score (nSPS) is 61.1. The van der Waals surface area contributed by atoms with Crippen molar-refractivity contribution in [2.75, 3.05) is 0 Å². The van der Waals surface area contributed by atoms with Gasteiger partial charge in [-0.05, 0) is 49.9 Å². The molecule has 4 bridgehead atoms. The summed E-state index contributed by atoms with van der Waals surface area (Å²) in [7, 11) is 0. The van der Waals surface area contributed by atoms with Gasteiger partial charge < -0.3 is 4.74 Å². The van der Waals surface area contributed by atoms with Crippen LogP contribution in [0.1, 0.15) is 45.4 Å². The van der Waals surface area contributed by atoms with Crippen molar-refractivity contribution in [3.63, 3.8) is 0 Å². The van der Waals surface area contributed by atoms with Gasteiger partial charge in [-0.1, -0.05) is 0 Å². The fourth-order valence-electron chi connectivity index (χ4n) is 5.15. The van der Waals surface area contributed by atoms with Gasteiger partial charge in [-0.2, -0.15) is 0 Å². The molecule has 0 N–H and O–H groups in total. The zero-order valence-electron chi connectivity index (χ0n) is 9.29. The fourth-order valence-corrected chi connectivity index (χ4v) is 5.15. The monoisotopic (exact) mass is 206 g/mol. The molecule has 1 spiro atoms. The second-order valence-electron chi connectivity index (χ2n) is 6.49. The van der Waals surface area contributed by atoms with Crippen molar-refractivity contribution >= 4 is 5.78 Å². The van der Waals surface area contributed by atoms with Gasteiger partial charge in [-0.25, -0.2) is 0 Å². The number of ether oxygens (including phenoxy) is 1. The number of hydrogen-bond acceptors (Lipinski definition) is 2. The van der Waals surface area contributed by atoms with E-state index in [0.29, 0.717) is 23.2 Å². The zero-order valence-corrected chi connectivity index (χ0v) is 9.29. The second-order valence-corrected chi connectivity index (χ2v) is 6.49. The first kappa shape index (κ1) is 8.74. The van der Waals surface area contributed by atoms with Crippen LogP contribution in [0.2, 0.25) is 0 Å². The molecule has 3 unspecified atom stereocenters. The van der Waals surface area contributed by atoms with Crippen LogP contribution in [-0.4, -0.2) is 17.5 Å². The van der Waals surface area contributed by atoms with Crippen molar-refractivity contribution in [1.29, 1.82) is 0 Å². The second kappa shape index (κ2) is 2.32. The van der Waals surface area contributed by atoms with E-state index in [9.17, 15) is 4.79 Å². The van der Waals surface area contributed by atoms with Crippen LogP contribution in [0, 0.1) is 17.3 Å². The number of rotatable bonds is 0. The lowest BCUT2D eigenvalue weighted by Crippen LogP contribution is -2.48. The van der Waals surface area contributed by atoms with E-state index in [-0.39, 0.29) is 5.60 Å². The highest BCUT2D eigenvalue weighted by Crippen LogP contribution is 2.69. The van der Waals surface area contributed by atoms with Crippen LogP contribution in [-0.2, 0) is 9.53 Å². The third-order valence-electron chi connectivity index (χ3n) is 5.74. The minimum Gasteiger partial charge on any atom is -0.371 e. The van der Waals surface area contributed by atoms with E-state index in [4.69, 9.17) is 4.74 Å². The van der Waals surface area contributed by atoms with Gasteiger partial charge in [0, 0.05) is 12.8 Å². The molecule has 0 radical (unpaired) electrons. The standard InChI is InChI=1S/C13H18O2/c1-12-7-13-3-2-9(14)5-10(13)11(15-12)4-8(12)6-13/h8,10-11H,2-7H2,1H3/t8?,10-,11?,12+,13?/m1/s1. The zero-order chi connectivity index (χ0) is 10.3. The van der Waals surface area contributed by atoms with Crippen molar-refractivity contribution < 1.29 is 9.53 Å². The molecule has 2 nitrogen and oxygen atoms in total. The third-order valence-corrected chi connectivity index (χ3v) is 5.74. The molecule has 5 aliphatic rings. The highest BCUT2D eigenvalue weighted by atomic mass is 16.5. The first-order valence-electron chi connectivity index (χ1n) is 6.31. The molecule has 5 fully saturated rings. The van der Waals surface area contributed by atoms with Gasteiger partial charge in [0.25, 0.3) is 0 Å². The van der Waals surface area contributed by atoms with E-state index in [1.165, 1.54) is 19.3 Å². The third kappa shape index (κ3) is 0.885. The van der Waals surface area contributed by atoms with Gasteiger partial charge in [0.15, 0.2) is 0 Å². The average molecular weight is 206 g/mol. The van der Waals surface area contributed by atoms with Gasteiger partial charge in [-0.3, -0.25) is 4.79 Å². The molecule has 5 rings (SSSR count). The summed E-state index contributed by atoms with van der Waals surface area (Å²) in [4.78, 5) is 11.6. The lowest BCUT2D eigenvalue weighted by molar-refractivity contribution is -0.156. The summed E-state index contributed by atoms with van der Waals surface area (Å²) in [5.41, 5.74) is 0.691. The van der Waals surface area contributed by atoms with E-state index < -0.39 is 0 Å². The maximum absolute atomic E-state index is 11.6. The number of carbonyl (C=O) groups excluding carboxylic acids is 1. The molecule has 2 aliphatic heterocycles. The van der Waals surface area contributed by atoms with Crippen molar-refractivity contribution in [1.82, 2.24) is 0 Å². The summed E-state index contributed by atoms with van der Waals surface area (Å²) in [5, 5.41) is 0. The average Bonchev–Trinajstić information content (AvgIpc) is 2.54. The van der Waals surface area contributed by atoms with Crippen molar-refractivity contribution in [2.45, 2.75) is 57.2 Å². The van der Waals surface area contributed by atoms with E-state index in [1.807, 2.05) is 0 Å². The van der Waals surface area contributed by atoms with E-state index >= 15 is 0 Å². The van der Waals surface area contributed by atoms with E-state index in [2.05, 4.69) is 6.92 Å². The number of hydrogen-bond donors (Lipinski definition) is 0. The number of Topliss-reactive ketones (excluding diaryl/α,β-unsaturated/α-hetero) is 1. The van der Waals surface area contributed by atoms with Crippen LogP contribution in [0.5, 0.6) is 0 Å². The predicted molar refractivity (Wildman–Crippen MR) is 55.4 cm³/mol. The summed E-state index contributed by atoms with van der Waals surface area (Å²) in [5.74, 6) is 1.85. The van der Waals surface area contributed by atoms with Crippen LogP contribution >= 0.6 is 0 Å². The first-order valence-corrected chi connectivity index (χ1v) is 6.31. The highest BCUT2D eigenvalue weighted by molar-refractivity contribution is 5.80. The predicted octanol–water partition coefficient (Wildman–Crippen LogP) is 2.31. The molecule has 2 saturated heterocycles. The Morgan fingerprint density at radius 1 is 1.47 bits per heavy atom. The molecule has 0 aromatic rings. The minimum atomic E-state index is 0.182. The molecule has 2 heterocycles. The number of carbonyl (C=O) groups is 1. The molecule has 3 aliphatic carbocycles. The van der Waals surface area contributed by atoms with Gasteiger partial charge in [0.1, 0.15) is 5.78 Å². The molecular formula is C13H18O2. The lowest BCUT2D eigenvalue weighted by Gasteiger charge is -2.49. The summed E-state index contributed by atoms with van der Waals surface area (Å²) >= 11 is 0. The topological polar surface area (TPSA) is 26.3 Å². The summed E-state index contributed by atoms with van der Waals surface area (Å²) in [6, 6.07) is 0. The van der Waals surface area contributed by atoms with Crippen molar-refractivity contribution in [3.8, 4) is 0 Å². The summed E-state index contributed by atoms with van der Waals surface area (Å²) in [6.45, 7) is 2.30. The maximum atomic E-state index is 11.6. The smallest absolute Gasteiger partial charge is 0.133 e. The largest absolute Gasteiger partial charge is 0.371 e. The SMILES string of the molecule is C[C@]12CC34CCC(=O)C[C@@H]3C(CC1C4)O2. The van der Waals surface area contributed by atoms with Gasteiger partial charge in [0.05, 0.1) is 11.7 Å². The Kier molecular flexibility index (Phi) is 1.35. The van der Waals surface area contributed by atoms with Gasteiger partial charge >= 0.3 is 0 Å². The molecule has 0 aromatic carbocycles. The van der Waals surface area contributed by atoms with Crippen molar-refractivity contribution in [2.24, 2.45) is 17.3 Å². The maximum Gasteiger partial charge on any atom is 0.133 e. The Morgan fingerprint density at radius 3 is 3.13 bits per heavy atom. The van der Waals surface area contributed by atoms with Crippen LogP contribution in [0.3, 0.4) is 0 Å². The molecule has 0 aromatic heterocycles. The van der Waals surface area contributed by atoms with Gasteiger partial charge in [-0.15, -0.1) is 0 Å². The van der Waals surface area contributed by atoms with Crippen LogP contribution in [0.15, 0.2) is 0 Å². The fraction of sp³-hybridized carbons (Fsp3) is 0.923. The van der Waals surface area contributed by atoms with Crippen molar-refractivity contribution in [3.05, 3.63) is 0 Å². The van der Waals surface area contributed by atoms with E-state index in [1.54, 1.807) is 0 Å². The molecular weight excluding hydrogens is 188 g/mol. The minimum absolute atomic E-state index is 0.182. The molecule has 0 amide bonds.